The maximum absolute atomic E-state index is 11.1. The van der Waals surface area contributed by atoms with Crippen LogP contribution in [0.15, 0.2) is 17.8 Å². The second-order valence-electron chi connectivity index (χ2n) is 3.75. The van der Waals surface area contributed by atoms with Crippen molar-refractivity contribution in [3.05, 3.63) is 29.0 Å². The van der Waals surface area contributed by atoms with Crippen LogP contribution in [0.2, 0.25) is 0 Å². The fraction of sp³-hybridized carbons (Fsp3) is 0.300. The van der Waals surface area contributed by atoms with Crippen LogP contribution in [0.3, 0.4) is 0 Å². The molecule has 1 fully saturated rings. The maximum Gasteiger partial charge on any atom is 0.339 e. The topological polar surface area (TPSA) is 68.0 Å². The average Bonchev–Trinajstić information content (AvgIpc) is 2.82. The van der Waals surface area contributed by atoms with E-state index < -0.39 is 5.97 Å². The molecular formula is C10H9N3O2S. The van der Waals surface area contributed by atoms with Gasteiger partial charge in [0.05, 0.1) is 11.9 Å². The molecule has 3 rings (SSSR count). The van der Waals surface area contributed by atoms with Crippen LogP contribution in [0.1, 0.15) is 34.8 Å². The fourth-order valence-electron chi connectivity index (χ4n) is 1.75. The summed E-state index contributed by atoms with van der Waals surface area (Å²) in [5.41, 5.74) is 1.10. The molecular weight excluding hydrogens is 226 g/mol. The molecule has 2 aromatic rings. The van der Waals surface area contributed by atoms with E-state index in [1.165, 1.54) is 17.5 Å². The first kappa shape index (κ1) is 9.53. The van der Waals surface area contributed by atoms with Gasteiger partial charge < -0.3 is 5.11 Å². The molecule has 1 aliphatic rings. The van der Waals surface area contributed by atoms with E-state index in [-0.39, 0.29) is 0 Å². The zero-order valence-electron chi connectivity index (χ0n) is 8.33. The maximum atomic E-state index is 11.1. The molecule has 2 aromatic heterocycles. The molecule has 1 aliphatic carbocycles. The molecule has 6 heteroatoms. The zero-order valence-corrected chi connectivity index (χ0v) is 9.15. The number of carboxylic acid groups (broad SMARTS) is 1. The lowest BCUT2D eigenvalue weighted by molar-refractivity contribution is 0.0695. The van der Waals surface area contributed by atoms with E-state index >= 15 is 0 Å². The molecule has 0 unspecified atom stereocenters. The molecule has 5 nitrogen and oxygen atoms in total. The van der Waals surface area contributed by atoms with Gasteiger partial charge in [-0.15, -0.1) is 11.3 Å². The lowest BCUT2D eigenvalue weighted by Gasteiger charge is -2.03. The molecule has 1 saturated carbocycles. The average molecular weight is 235 g/mol. The Kier molecular flexibility index (Phi) is 2.03. The summed E-state index contributed by atoms with van der Waals surface area (Å²) in [5, 5.41) is 15.8. The van der Waals surface area contributed by atoms with Crippen LogP contribution in [0.25, 0.3) is 5.13 Å². The first-order chi connectivity index (χ1) is 7.77. The van der Waals surface area contributed by atoms with Gasteiger partial charge in [-0.25, -0.2) is 14.5 Å². The molecule has 2 heterocycles. The van der Waals surface area contributed by atoms with Crippen molar-refractivity contribution in [1.82, 2.24) is 14.8 Å². The highest BCUT2D eigenvalue weighted by molar-refractivity contribution is 7.12. The predicted octanol–water partition coefficient (Wildman–Crippen LogP) is 1.90. The standard InChI is InChI=1S/C10H9N3O2S/c14-9(15)7-5-12-13(8(7)6-1-2-6)10-11-3-4-16-10/h3-6H,1-2H2,(H,14,15). The van der Waals surface area contributed by atoms with Gasteiger partial charge in [-0.05, 0) is 12.8 Å². The summed E-state index contributed by atoms with van der Waals surface area (Å²) in [6, 6.07) is 0. The van der Waals surface area contributed by atoms with Gasteiger partial charge in [0, 0.05) is 17.5 Å². The zero-order chi connectivity index (χ0) is 11.1. The number of carboxylic acids is 1. The van der Waals surface area contributed by atoms with E-state index in [0.29, 0.717) is 11.5 Å². The van der Waals surface area contributed by atoms with Gasteiger partial charge in [0.2, 0.25) is 5.13 Å². The van der Waals surface area contributed by atoms with Gasteiger partial charge in [0.25, 0.3) is 0 Å². The van der Waals surface area contributed by atoms with Gasteiger partial charge in [-0.1, -0.05) is 0 Å². The second-order valence-corrected chi connectivity index (χ2v) is 4.62. The third kappa shape index (κ3) is 1.42. The van der Waals surface area contributed by atoms with E-state index in [0.717, 1.165) is 23.7 Å². The van der Waals surface area contributed by atoms with E-state index in [4.69, 9.17) is 5.11 Å². The minimum atomic E-state index is -0.912. The van der Waals surface area contributed by atoms with Crippen molar-refractivity contribution in [3.8, 4) is 5.13 Å². The first-order valence-corrected chi connectivity index (χ1v) is 5.86. The molecule has 0 aliphatic heterocycles. The molecule has 0 saturated heterocycles. The SMILES string of the molecule is O=C(O)c1cnn(-c2nccs2)c1C1CC1. The number of aromatic nitrogens is 3. The van der Waals surface area contributed by atoms with Crippen molar-refractivity contribution in [1.29, 1.82) is 0 Å². The van der Waals surface area contributed by atoms with Crippen molar-refractivity contribution in [3.63, 3.8) is 0 Å². The number of hydrogen-bond donors (Lipinski definition) is 1. The smallest absolute Gasteiger partial charge is 0.339 e. The number of rotatable bonds is 3. The summed E-state index contributed by atoms with van der Waals surface area (Å²) in [7, 11) is 0. The van der Waals surface area contributed by atoms with Crippen molar-refractivity contribution >= 4 is 17.3 Å². The van der Waals surface area contributed by atoms with Crippen molar-refractivity contribution in [2.24, 2.45) is 0 Å². The summed E-state index contributed by atoms with van der Waals surface area (Å²) in [5.74, 6) is -0.581. The molecule has 0 spiro atoms. The Morgan fingerprint density at radius 1 is 1.56 bits per heavy atom. The van der Waals surface area contributed by atoms with E-state index in [1.54, 1.807) is 10.9 Å². The first-order valence-electron chi connectivity index (χ1n) is 4.98. The van der Waals surface area contributed by atoms with Crippen molar-refractivity contribution < 1.29 is 9.90 Å². The lowest BCUT2D eigenvalue weighted by Crippen LogP contribution is -2.05. The van der Waals surface area contributed by atoms with Gasteiger partial charge in [0.1, 0.15) is 5.56 Å². The molecule has 0 bridgehead atoms. The lowest BCUT2D eigenvalue weighted by atomic mass is 10.2. The van der Waals surface area contributed by atoms with Crippen LogP contribution >= 0.6 is 11.3 Å². The minimum absolute atomic E-state index is 0.303. The molecule has 16 heavy (non-hydrogen) atoms. The van der Waals surface area contributed by atoms with Crippen LogP contribution in [0, 0.1) is 0 Å². The van der Waals surface area contributed by atoms with Gasteiger partial charge >= 0.3 is 5.97 Å². The largest absolute Gasteiger partial charge is 0.478 e. The Balaban J connectivity index is 2.15. The van der Waals surface area contributed by atoms with Crippen LogP contribution in [0.4, 0.5) is 0 Å². The molecule has 0 radical (unpaired) electrons. The van der Waals surface area contributed by atoms with Crippen molar-refractivity contribution in [2.45, 2.75) is 18.8 Å². The van der Waals surface area contributed by atoms with Crippen molar-refractivity contribution in [2.75, 3.05) is 0 Å². The van der Waals surface area contributed by atoms with Gasteiger partial charge in [0.15, 0.2) is 0 Å². The second kappa shape index (κ2) is 3.41. The Hall–Kier alpha value is -1.69. The van der Waals surface area contributed by atoms with Crippen LogP contribution < -0.4 is 0 Å². The Morgan fingerprint density at radius 2 is 2.38 bits per heavy atom. The number of hydrogen-bond acceptors (Lipinski definition) is 4. The molecule has 82 valence electrons. The predicted molar refractivity (Wildman–Crippen MR) is 58.2 cm³/mol. The van der Waals surface area contributed by atoms with Crippen LogP contribution in [0.5, 0.6) is 0 Å². The fourth-order valence-corrected chi connectivity index (χ4v) is 2.36. The molecule has 0 amide bonds. The monoisotopic (exact) mass is 235 g/mol. The Bertz CT molecular complexity index is 528. The van der Waals surface area contributed by atoms with Crippen LogP contribution in [-0.4, -0.2) is 25.8 Å². The number of aromatic carboxylic acids is 1. The Labute approximate surface area is 95.4 Å². The highest BCUT2D eigenvalue weighted by Crippen LogP contribution is 2.42. The molecule has 0 atom stereocenters. The molecule has 0 aromatic carbocycles. The van der Waals surface area contributed by atoms with E-state index in [9.17, 15) is 4.79 Å². The quantitative estimate of drug-likeness (QED) is 0.882. The molecule has 1 N–H and O–H groups in total. The van der Waals surface area contributed by atoms with E-state index in [1.807, 2.05) is 5.38 Å². The summed E-state index contributed by atoms with van der Waals surface area (Å²) in [6.45, 7) is 0. The third-order valence-electron chi connectivity index (χ3n) is 2.60. The normalized spacial score (nSPS) is 15.2. The minimum Gasteiger partial charge on any atom is -0.478 e. The third-order valence-corrected chi connectivity index (χ3v) is 3.35. The van der Waals surface area contributed by atoms with Gasteiger partial charge in [-0.2, -0.15) is 5.10 Å². The van der Waals surface area contributed by atoms with Gasteiger partial charge in [-0.3, -0.25) is 0 Å². The summed E-state index contributed by atoms with van der Waals surface area (Å²) in [4.78, 5) is 15.2. The van der Waals surface area contributed by atoms with Crippen LogP contribution in [-0.2, 0) is 0 Å². The number of thiazole rings is 1. The Morgan fingerprint density at radius 3 is 2.94 bits per heavy atom. The highest BCUT2D eigenvalue weighted by atomic mass is 32.1. The summed E-state index contributed by atoms with van der Waals surface area (Å²) >= 11 is 1.46. The number of carbonyl (C=O) groups is 1. The highest BCUT2D eigenvalue weighted by Gasteiger charge is 2.33. The number of nitrogens with zero attached hydrogens (tertiary/aromatic N) is 3. The summed E-state index contributed by atoms with van der Waals surface area (Å²) < 4.78 is 1.66. The summed E-state index contributed by atoms with van der Waals surface area (Å²) in [6.07, 6.45) is 5.19. The van der Waals surface area contributed by atoms with E-state index in [2.05, 4.69) is 10.1 Å².